The van der Waals surface area contributed by atoms with Gasteiger partial charge in [0.05, 0.1) is 32.3 Å². The van der Waals surface area contributed by atoms with Crippen molar-refractivity contribution >= 4 is 55.1 Å². The Hall–Kier alpha value is -1.86. The minimum Gasteiger partial charge on any atom is -0.489 e. The van der Waals surface area contributed by atoms with E-state index in [1.807, 2.05) is 50.2 Å². The molecule has 24 heavy (non-hydrogen) atoms. The third kappa shape index (κ3) is 3.96. The zero-order valence-corrected chi connectivity index (χ0v) is 16.3. The molecule has 7 heteroatoms. The van der Waals surface area contributed by atoms with E-state index in [0.29, 0.717) is 5.95 Å². The van der Waals surface area contributed by atoms with Crippen LogP contribution in [-0.2, 0) is 0 Å². The van der Waals surface area contributed by atoms with Crippen LogP contribution in [0, 0.1) is 0 Å². The van der Waals surface area contributed by atoms with E-state index in [1.54, 1.807) is 6.21 Å². The maximum absolute atomic E-state index is 5.77. The molecule has 0 saturated heterocycles. The third-order valence-corrected chi connectivity index (χ3v) is 4.33. The third-order valence-electron chi connectivity index (χ3n) is 3.15. The lowest BCUT2D eigenvalue weighted by atomic mass is 10.2. The van der Waals surface area contributed by atoms with Gasteiger partial charge in [-0.15, -0.1) is 0 Å². The molecule has 1 aromatic heterocycles. The fraction of sp³-hybridized carbons (Fsp3) is 0.176. The predicted molar refractivity (Wildman–Crippen MR) is 105 cm³/mol. The minimum atomic E-state index is 0.104. The molecule has 2 N–H and O–H groups in total. The SMILES string of the molecule is CC(C)Oc1c(Br)cc(/C=N\Nc2nc3ccccc3[nH]2)cc1Br. The Morgan fingerprint density at radius 2 is 1.92 bits per heavy atom. The molecule has 3 rings (SSSR count). The second kappa shape index (κ2) is 7.36. The summed E-state index contributed by atoms with van der Waals surface area (Å²) in [6.07, 6.45) is 1.83. The lowest BCUT2D eigenvalue weighted by Gasteiger charge is -2.13. The average molecular weight is 452 g/mol. The number of aromatic amines is 1. The Morgan fingerprint density at radius 3 is 2.58 bits per heavy atom. The lowest BCUT2D eigenvalue weighted by molar-refractivity contribution is 0.239. The molecule has 124 valence electrons. The quantitative estimate of drug-likeness (QED) is 0.407. The van der Waals surface area contributed by atoms with Crippen LogP contribution >= 0.6 is 31.9 Å². The molecule has 2 aromatic carbocycles. The van der Waals surface area contributed by atoms with Crippen LogP contribution in [0.15, 0.2) is 50.4 Å². The van der Waals surface area contributed by atoms with Gasteiger partial charge in [-0.1, -0.05) is 12.1 Å². The van der Waals surface area contributed by atoms with Crippen LogP contribution in [0.25, 0.3) is 11.0 Å². The molecule has 0 aliphatic carbocycles. The second-order valence-electron chi connectivity index (χ2n) is 5.45. The number of benzene rings is 2. The molecule has 0 radical (unpaired) electrons. The van der Waals surface area contributed by atoms with Crippen LogP contribution in [0.3, 0.4) is 0 Å². The summed E-state index contributed by atoms with van der Waals surface area (Å²) in [6, 6.07) is 11.7. The van der Waals surface area contributed by atoms with Crippen LogP contribution in [0.4, 0.5) is 5.95 Å². The number of ether oxygens (including phenoxy) is 1. The zero-order chi connectivity index (χ0) is 17.1. The van der Waals surface area contributed by atoms with Crippen molar-refractivity contribution < 1.29 is 4.74 Å². The van der Waals surface area contributed by atoms with Crippen molar-refractivity contribution in [2.45, 2.75) is 20.0 Å². The molecule has 0 aliphatic heterocycles. The Balaban J connectivity index is 1.74. The van der Waals surface area contributed by atoms with Gasteiger partial charge >= 0.3 is 0 Å². The molecule has 0 aliphatic rings. The van der Waals surface area contributed by atoms with Gasteiger partial charge in [0.2, 0.25) is 5.95 Å². The Labute approximate surface area is 156 Å². The number of fused-ring (bicyclic) bond motifs is 1. The summed E-state index contributed by atoms with van der Waals surface area (Å²) in [5.74, 6) is 1.39. The summed E-state index contributed by atoms with van der Waals surface area (Å²) in [6.45, 7) is 3.98. The molecule has 0 fully saturated rings. The largest absolute Gasteiger partial charge is 0.489 e. The van der Waals surface area contributed by atoms with E-state index in [1.165, 1.54) is 0 Å². The Kier molecular flexibility index (Phi) is 5.20. The summed E-state index contributed by atoms with van der Waals surface area (Å²) in [4.78, 5) is 7.57. The number of aromatic nitrogens is 2. The van der Waals surface area contributed by atoms with Crippen molar-refractivity contribution in [1.82, 2.24) is 9.97 Å². The highest BCUT2D eigenvalue weighted by Crippen LogP contribution is 2.35. The number of rotatable bonds is 5. The molecule has 0 saturated carbocycles. The van der Waals surface area contributed by atoms with E-state index >= 15 is 0 Å². The summed E-state index contributed by atoms with van der Waals surface area (Å²) >= 11 is 7.06. The summed E-state index contributed by atoms with van der Waals surface area (Å²) in [7, 11) is 0. The number of halogens is 2. The van der Waals surface area contributed by atoms with Gasteiger partial charge in [0.1, 0.15) is 5.75 Å². The summed E-state index contributed by atoms with van der Waals surface area (Å²) in [5, 5.41) is 4.23. The molecule has 3 aromatic rings. The topological polar surface area (TPSA) is 62.3 Å². The van der Waals surface area contributed by atoms with Crippen LogP contribution in [-0.4, -0.2) is 22.3 Å². The number of anilines is 1. The van der Waals surface area contributed by atoms with Gasteiger partial charge in [-0.2, -0.15) is 5.10 Å². The first kappa shape index (κ1) is 17.0. The fourth-order valence-electron chi connectivity index (χ4n) is 2.18. The first-order chi connectivity index (χ1) is 11.5. The highest BCUT2D eigenvalue weighted by atomic mass is 79.9. The standard InChI is InChI=1S/C17H16Br2N4O/c1-10(2)24-16-12(18)7-11(8-13(16)19)9-20-23-17-21-14-5-3-4-6-15(14)22-17/h3-10H,1-2H3,(H2,21,22,23)/b20-9-. The molecular weight excluding hydrogens is 436 g/mol. The Morgan fingerprint density at radius 1 is 1.21 bits per heavy atom. The van der Waals surface area contributed by atoms with Crippen molar-refractivity contribution in [3.63, 3.8) is 0 Å². The van der Waals surface area contributed by atoms with Gasteiger partial charge in [0.25, 0.3) is 0 Å². The van der Waals surface area contributed by atoms with Crippen molar-refractivity contribution in [2.75, 3.05) is 5.43 Å². The van der Waals surface area contributed by atoms with Crippen molar-refractivity contribution in [1.29, 1.82) is 0 Å². The molecule has 1 heterocycles. The number of nitrogens with zero attached hydrogens (tertiary/aromatic N) is 2. The normalized spacial score (nSPS) is 11.5. The lowest BCUT2D eigenvalue weighted by Crippen LogP contribution is -2.06. The average Bonchev–Trinajstić information content (AvgIpc) is 2.93. The van der Waals surface area contributed by atoms with Crippen molar-refractivity contribution in [3.8, 4) is 5.75 Å². The van der Waals surface area contributed by atoms with Gasteiger partial charge in [0, 0.05) is 0 Å². The molecule has 0 spiro atoms. The van der Waals surface area contributed by atoms with Crippen LogP contribution in [0.2, 0.25) is 0 Å². The summed E-state index contributed by atoms with van der Waals surface area (Å²) in [5.41, 5.74) is 5.70. The Bertz CT molecular complexity index is 833. The second-order valence-corrected chi connectivity index (χ2v) is 7.16. The first-order valence-corrected chi connectivity index (χ1v) is 9.01. The monoisotopic (exact) mass is 450 g/mol. The number of nitrogens with one attached hydrogen (secondary N) is 2. The highest BCUT2D eigenvalue weighted by molar-refractivity contribution is 9.11. The molecular formula is C17H16Br2N4O. The van der Waals surface area contributed by atoms with E-state index < -0.39 is 0 Å². The van der Waals surface area contributed by atoms with E-state index in [0.717, 1.165) is 31.3 Å². The van der Waals surface area contributed by atoms with Crippen molar-refractivity contribution in [3.05, 3.63) is 50.9 Å². The smallest absolute Gasteiger partial charge is 0.222 e. The zero-order valence-electron chi connectivity index (χ0n) is 13.2. The number of hydrogen-bond acceptors (Lipinski definition) is 4. The van der Waals surface area contributed by atoms with Gasteiger partial charge in [-0.25, -0.2) is 10.4 Å². The molecule has 0 bridgehead atoms. The number of hydrogen-bond donors (Lipinski definition) is 2. The van der Waals surface area contributed by atoms with Crippen LogP contribution in [0.5, 0.6) is 5.75 Å². The predicted octanol–water partition coefficient (Wildman–Crippen LogP) is 5.32. The minimum absolute atomic E-state index is 0.104. The number of imidazole rings is 1. The van der Waals surface area contributed by atoms with E-state index in [2.05, 4.69) is 52.4 Å². The van der Waals surface area contributed by atoms with Gasteiger partial charge < -0.3 is 9.72 Å². The first-order valence-electron chi connectivity index (χ1n) is 7.42. The highest BCUT2D eigenvalue weighted by Gasteiger charge is 2.10. The van der Waals surface area contributed by atoms with E-state index in [9.17, 15) is 0 Å². The maximum atomic E-state index is 5.77. The maximum Gasteiger partial charge on any atom is 0.222 e. The molecule has 0 unspecified atom stereocenters. The van der Waals surface area contributed by atoms with E-state index in [4.69, 9.17) is 4.74 Å². The van der Waals surface area contributed by atoms with Crippen LogP contribution in [0.1, 0.15) is 19.4 Å². The van der Waals surface area contributed by atoms with E-state index in [-0.39, 0.29) is 6.10 Å². The number of H-pyrrole nitrogens is 1. The van der Waals surface area contributed by atoms with Gasteiger partial charge in [-0.05, 0) is 75.5 Å². The molecule has 0 atom stereocenters. The van der Waals surface area contributed by atoms with Gasteiger partial charge in [0.15, 0.2) is 0 Å². The molecule has 0 amide bonds. The fourth-order valence-corrected chi connectivity index (χ4v) is 3.58. The number of hydrazone groups is 1. The van der Waals surface area contributed by atoms with Gasteiger partial charge in [-0.3, -0.25) is 0 Å². The van der Waals surface area contributed by atoms with Crippen molar-refractivity contribution in [2.24, 2.45) is 5.10 Å². The molecule has 5 nitrogen and oxygen atoms in total. The van der Waals surface area contributed by atoms with Crippen LogP contribution < -0.4 is 10.2 Å². The summed E-state index contributed by atoms with van der Waals surface area (Å²) < 4.78 is 7.51. The number of para-hydroxylation sites is 2.